The zero-order valence-electron chi connectivity index (χ0n) is 21.7. The van der Waals surface area contributed by atoms with Gasteiger partial charge in [0.1, 0.15) is 0 Å². The Labute approximate surface area is 192 Å². The molecule has 1 heteroatoms. The molecular weight excluding hydrogens is 376 g/mol. The highest BCUT2D eigenvalue weighted by molar-refractivity contribution is 5.30. The molecule has 0 aromatic heterocycles. The fourth-order valence-electron chi connectivity index (χ4n) is 11.1. The second kappa shape index (κ2) is 6.86. The van der Waals surface area contributed by atoms with Crippen LogP contribution in [0.25, 0.3) is 0 Å². The van der Waals surface area contributed by atoms with Crippen molar-refractivity contribution in [3.8, 4) is 0 Å². The predicted molar refractivity (Wildman–Crippen MR) is 131 cm³/mol. The van der Waals surface area contributed by atoms with Crippen molar-refractivity contribution in [2.75, 3.05) is 0 Å². The lowest BCUT2D eigenvalue weighted by Crippen LogP contribution is -2.57. The second-order valence-corrected chi connectivity index (χ2v) is 14.4. The van der Waals surface area contributed by atoms with E-state index < -0.39 is 0 Å². The van der Waals surface area contributed by atoms with Crippen LogP contribution in [0.1, 0.15) is 119 Å². The summed E-state index contributed by atoms with van der Waals surface area (Å²) >= 11 is 0. The van der Waals surface area contributed by atoms with E-state index in [1.165, 1.54) is 69.8 Å². The lowest BCUT2D eigenvalue weighted by molar-refractivity contribution is -0.161. The van der Waals surface area contributed by atoms with E-state index in [1.54, 1.807) is 0 Å². The first-order chi connectivity index (χ1) is 14.4. The Kier molecular flexibility index (Phi) is 4.98. The fourth-order valence-corrected chi connectivity index (χ4v) is 11.1. The molecule has 9 atom stereocenters. The van der Waals surface area contributed by atoms with Crippen molar-refractivity contribution in [3.05, 3.63) is 11.6 Å². The Bertz CT molecular complexity index is 760. The van der Waals surface area contributed by atoms with Crippen LogP contribution in [-0.2, 0) is 0 Å². The molecule has 2 spiro atoms. The van der Waals surface area contributed by atoms with Gasteiger partial charge in [-0.15, -0.1) is 0 Å². The van der Waals surface area contributed by atoms with Gasteiger partial charge in [-0.05, 0) is 135 Å². The maximum atomic E-state index is 10.8. The van der Waals surface area contributed by atoms with E-state index in [-0.39, 0.29) is 11.5 Å². The minimum Gasteiger partial charge on any atom is -0.393 e. The fraction of sp³-hybridized carbons (Fsp3) is 0.933. The van der Waals surface area contributed by atoms with Crippen LogP contribution < -0.4 is 0 Å². The van der Waals surface area contributed by atoms with Gasteiger partial charge in [0.25, 0.3) is 0 Å². The highest BCUT2D eigenvalue weighted by Gasteiger charge is 2.82. The van der Waals surface area contributed by atoms with E-state index in [2.05, 4.69) is 54.5 Å². The smallest absolute Gasteiger partial charge is 0.0594 e. The van der Waals surface area contributed by atoms with E-state index >= 15 is 0 Å². The van der Waals surface area contributed by atoms with Gasteiger partial charge in [0, 0.05) is 0 Å². The molecule has 0 aromatic carbocycles. The van der Waals surface area contributed by atoms with Crippen LogP contribution in [0.3, 0.4) is 0 Å². The van der Waals surface area contributed by atoms with E-state index in [4.69, 9.17) is 0 Å². The SMILES string of the molecule is CC(C)=CCC[C@@H](C)[C@H]1CC[C@@]2(C)[C@@H]3CC[C@@H]4C(C)(C)[C@H](O)CC[C@]45C[C@]35CC[C@]12C. The summed E-state index contributed by atoms with van der Waals surface area (Å²) in [7, 11) is 0. The summed E-state index contributed by atoms with van der Waals surface area (Å²) in [6.07, 6.45) is 17.6. The van der Waals surface area contributed by atoms with Gasteiger partial charge in [0.15, 0.2) is 0 Å². The third kappa shape index (κ3) is 2.71. The van der Waals surface area contributed by atoms with Gasteiger partial charge in [-0.25, -0.2) is 0 Å². The van der Waals surface area contributed by atoms with Gasteiger partial charge in [0.2, 0.25) is 0 Å². The second-order valence-electron chi connectivity index (χ2n) is 14.4. The Morgan fingerprint density at radius 2 is 1.55 bits per heavy atom. The largest absolute Gasteiger partial charge is 0.393 e. The van der Waals surface area contributed by atoms with Crippen molar-refractivity contribution in [1.82, 2.24) is 0 Å². The molecule has 1 N–H and O–H groups in total. The molecule has 0 amide bonds. The van der Waals surface area contributed by atoms with Crippen LogP contribution in [-0.4, -0.2) is 11.2 Å². The predicted octanol–water partition coefficient (Wildman–Crippen LogP) is 8.17. The molecule has 5 aliphatic carbocycles. The third-order valence-corrected chi connectivity index (χ3v) is 13.0. The summed E-state index contributed by atoms with van der Waals surface area (Å²) in [5.41, 5.74) is 3.87. The first kappa shape index (κ1) is 22.5. The molecule has 5 saturated carbocycles. The summed E-state index contributed by atoms with van der Waals surface area (Å²) < 4.78 is 0. The standard InChI is InChI=1S/C30H50O/c1-20(2)9-8-10-21(3)22-13-15-28(7)24-12-11-23-26(4,5)25(31)14-16-29(23)19-30(24,29)18-17-27(22,28)6/h9,21-25,31H,8,10-19H2,1-7H3/t21-,22-,23-,24+,25-,27-,28+,29+,30-/m1/s1. The van der Waals surface area contributed by atoms with Crippen LogP contribution in [0, 0.1) is 50.7 Å². The minimum atomic E-state index is -0.0840. The first-order valence-corrected chi connectivity index (χ1v) is 13.8. The van der Waals surface area contributed by atoms with E-state index in [9.17, 15) is 5.11 Å². The zero-order chi connectivity index (χ0) is 22.4. The molecule has 5 aliphatic rings. The number of allylic oxidation sites excluding steroid dienone is 2. The molecule has 0 aromatic rings. The molecule has 0 aliphatic heterocycles. The normalized spacial score (nSPS) is 52.9. The summed E-state index contributed by atoms with van der Waals surface area (Å²) in [6.45, 7) is 17.3. The average Bonchev–Trinajstić information content (AvgIpc) is 3.27. The quantitative estimate of drug-likeness (QED) is 0.449. The summed E-state index contributed by atoms with van der Waals surface area (Å²) in [5.74, 6) is 3.46. The van der Waals surface area contributed by atoms with Gasteiger partial charge in [-0.3, -0.25) is 0 Å². The number of fused-ring (bicyclic) bond motifs is 2. The molecule has 1 nitrogen and oxygen atoms in total. The molecule has 5 fully saturated rings. The zero-order valence-corrected chi connectivity index (χ0v) is 21.7. The molecular formula is C30H50O. The van der Waals surface area contributed by atoms with Crippen molar-refractivity contribution in [1.29, 1.82) is 0 Å². The highest BCUT2D eigenvalue weighted by atomic mass is 16.3. The van der Waals surface area contributed by atoms with E-state index in [0.29, 0.717) is 21.7 Å². The van der Waals surface area contributed by atoms with Crippen molar-refractivity contribution in [2.24, 2.45) is 50.7 Å². The molecule has 31 heavy (non-hydrogen) atoms. The minimum absolute atomic E-state index is 0.0840. The molecule has 0 saturated heterocycles. The van der Waals surface area contributed by atoms with Crippen LogP contribution in [0.4, 0.5) is 0 Å². The van der Waals surface area contributed by atoms with Crippen LogP contribution in [0.5, 0.6) is 0 Å². The molecule has 0 radical (unpaired) electrons. The first-order valence-electron chi connectivity index (χ1n) is 13.8. The number of rotatable bonds is 4. The summed E-state index contributed by atoms with van der Waals surface area (Å²) in [4.78, 5) is 0. The Hall–Kier alpha value is -0.300. The van der Waals surface area contributed by atoms with Gasteiger partial charge in [0.05, 0.1) is 6.10 Å². The van der Waals surface area contributed by atoms with Crippen molar-refractivity contribution >= 4 is 0 Å². The topological polar surface area (TPSA) is 20.2 Å². The van der Waals surface area contributed by atoms with Crippen molar-refractivity contribution in [3.63, 3.8) is 0 Å². The van der Waals surface area contributed by atoms with Crippen LogP contribution >= 0.6 is 0 Å². The van der Waals surface area contributed by atoms with Crippen LogP contribution in [0.2, 0.25) is 0 Å². The molecule has 0 heterocycles. The number of aliphatic hydroxyl groups is 1. The van der Waals surface area contributed by atoms with E-state index in [1.807, 2.05) is 0 Å². The molecule has 0 bridgehead atoms. The Balaban J connectivity index is 1.41. The Morgan fingerprint density at radius 1 is 0.871 bits per heavy atom. The molecule has 0 unspecified atom stereocenters. The molecule has 176 valence electrons. The van der Waals surface area contributed by atoms with Gasteiger partial charge >= 0.3 is 0 Å². The Morgan fingerprint density at radius 3 is 2.26 bits per heavy atom. The summed E-state index contributed by atoms with van der Waals surface area (Å²) in [6, 6.07) is 0. The average molecular weight is 427 g/mol. The van der Waals surface area contributed by atoms with Gasteiger partial charge < -0.3 is 5.11 Å². The number of hydrogen-bond acceptors (Lipinski definition) is 1. The van der Waals surface area contributed by atoms with Crippen molar-refractivity contribution < 1.29 is 5.11 Å². The third-order valence-electron chi connectivity index (χ3n) is 13.0. The lowest BCUT2D eigenvalue weighted by Gasteiger charge is -2.63. The maximum Gasteiger partial charge on any atom is 0.0594 e. The van der Waals surface area contributed by atoms with E-state index in [0.717, 1.165) is 30.1 Å². The number of aliphatic hydroxyl groups excluding tert-OH is 1. The lowest BCUT2D eigenvalue weighted by atomic mass is 9.41. The van der Waals surface area contributed by atoms with Crippen LogP contribution in [0.15, 0.2) is 11.6 Å². The number of hydrogen-bond donors (Lipinski definition) is 1. The van der Waals surface area contributed by atoms with Crippen molar-refractivity contribution in [2.45, 2.75) is 125 Å². The highest BCUT2D eigenvalue weighted by Crippen LogP contribution is 2.89. The van der Waals surface area contributed by atoms with Gasteiger partial charge in [-0.1, -0.05) is 46.3 Å². The maximum absolute atomic E-state index is 10.8. The van der Waals surface area contributed by atoms with Gasteiger partial charge in [-0.2, -0.15) is 0 Å². The monoisotopic (exact) mass is 426 g/mol. The molecule has 5 rings (SSSR count). The summed E-state index contributed by atoms with van der Waals surface area (Å²) in [5, 5.41) is 10.8.